The average Bonchev–Trinajstić information content (AvgIpc) is 2.99. The van der Waals surface area contributed by atoms with Crippen LogP contribution in [-0.4, -0.2) is 42.0 Å². The molecule has 2 nitrogen and oxygen atoms in total. The maximum Gasteiger partial charge on any atom is 0.0908 e. The normalized spacial score (nSPS) is 30.5. The first-order chi connectivity index (χ1) is 6.45. The van der Waals surface area contributed by atoms with Gasteiger partial charge in [-0.3, -0.25) is 0 Å². The Balaban J connectivity index is 1.28. The largest absolute Gasteiger partial charge is 0.372 e. The minimum atomic E-state index is 0.565. The van der Waals surface area contributed by atoms with Crippen molar-refractivity contribution in [1.82, 2.24) is 0 Å². The van der Waals surface area contributed by atoms with Crippen LogP contribution in [0.4, 0.5) is 0 Å². The standard InChI is InChI=1S/C7H12O2S4/c1-6(8-1)3-10-12-5-13-11-4-7-2-9-7/h6-7H,1-5H2. The minimum Gasteiger partial charge on any atom is -0.372 e. The number of epoxide rings is 2. The molecular formula is C7H12O2S4. The highest BCUT2D eigenvalue weighted by Crippen LogP contribution is 2.35. The van der Waals surface area contributed by atoms with Crippen LogP contribution in [0.2, 0.25) is 0 Å². The third-order valence-electron chi connectivity index (χ3n) is 1.58. The van der Waals surface area contributed by atoms with Crippen molar-refractivity contribution in [3.05, 3.63) is 0 Å². The monoisotopic (exact) mass is 256 g/mol. The lowest BCUT2D eigenvalue weighted by Crippen LogP contribution is -1.86. The van der Waals surface area contributed by atoms with Gasteiger partial charge in [0.05, 0.1) is 30.5 Å². The van der Waals surface area contributed by atoms with Gasteiger partial charge in [-0.15, -0.1) is 0 Å². The van der Waals surface area contributed by atoms with E-state index < -0.39 is 0 Å². The van der Waals surface area contributed by atoms with Crippen LogP contribution in [0, 0.1) is 0 Å². The maximum absolute atomic E-state index is 5.11. The Morgan fingerprint density at radius 2 is 1.31 bits per heavy atom. The summed E-state index contributed by atoms with van der Waals surface area (Å²) in [5, 5.41) is 1.16. The van der Waals surface area contributed by atoms with Gasteiger partial charge < -0.3 is 9.47 Å². The van der Waals surface area contributed by atoms with E-state index in [1.165, 1.54) is 0 Å². The zero-order valence-corrected chi connectivity index (χ0v) is 10.4. The van der Waals surface area contributed by atoms with E-state index in [2.05, 4.69) is 0 Å². The molecule has 2 heterocycles. The fourth-order valence-corrected chi connectivity index (χ4v) is 6.37. The summed E-state index contributed by atoms with van der Waals surface area (Å²) in [6, 6.07) is 0. The van der Waals surface area contributed by atoms with Gasteiger partial charge in [0.1, 0.15) is 0 Å². The molecule has 0 aromatic carbocycles. The van der Waals surface area contributed by atoms with Gasteiger partial charge in [-0.2, -0.15) is 0 Å². The van der Waals surface area contributed by atoms with Crippen molar-refractivity contribution in [2.45, 2.75) is 12.2 Å². The number of hydrogen-bond donors (Lipinski definition) is 0. The molecule has 0 aliphatic carbocycles. The van der Waals surface area contributed by atoms with Crippen molar-refractivity contribution in [3.63, 3.8) is 0 Å². The molecule has 2 saturated heterocycles. The SMILES string of the molecule is C(SSCC1CO1)SSCC1CO1. The summed E-state index contributed by atoms with van der Waals surface area (Å²) in [5.41, 5.74) is 0. The quantitative estimate of drug-likeness (QED) is 0.286. The lowest BCUT2D eigenvalue weighted by molar-refractivity contribution is 0.426. The second kappa shape index (κ2) is 6.02. The molecule has 6 heteroatoms. The molecule has 2 atom stereocenters. The fourth-order valence-electron chi connectivity index (χ4n) is 0.664. The zero-order chi connectivity index (χ0) is 8.93. The second-order valence-electron chi connectivity index (χ2n) is 2.83. The number of ether oxygens (including phenoxy) is 2. The van der Waals surface area contributed by atoms with Crippen molar-refractivity contribution in [2.75, 3.05) is 29.8 Å². The Bertz CT molecular complexity index is 133. The Hall–Kier alpha value is 1.32. The lowest BCUT2D eigenvalue weighted by Gasteiger charge is -1.98. The zero-order valence-electron chi connectivity index (χ0n) is 7.14. The topological polar surface area (TPSA) is 25.1 Å². The van der Waals surface area contributed by atoms with Gasteiger partial charge in [0, 0.05) is 11.5 Å². The smallest absolute Gasteiger partial charge is 0.0908 e. The Kier molecular flexibility index (Phi) is 5.02. The van der Waals surface area contributed by atoms with Crippen LogP contribution in [0.15, 0.2) is 0 Å². The van der Waals surface area contributed by atoms with Gasteiger partial charge >= 0.3 is 0 Å². The van der Waals surface area contributed by atoms with E-state index in [0.29, 0.717) is 12.2 Å². The molecule has 13 heavy (non-hydrogen) atoms. The first-order valence-corrected chi connectivity index (χ1v) is 9.15. The van der Waals surface area contributed by atoms with E-state index in [-0.39, 0.29) is 0 Å². The van der Waals surface area contributed by atoms with Gasteiger partial charge in [0.2, 0.25) is 0 Å². The molecular weight excluding hydrogens is 244 g/mol. The molecule has 0 spiro atoms. The van der Waals surface area contributed by atoms with Crippen molar-refractivity contribution >= 4 is 43.2 Å². The molecule has 2 aliphatic rings. The Morgan fingerprint density at radius 3 is 1.69 bits per heavy atom. The van der Waals surface area contributed by atoms with E-state index in [0.717, 1.165) is 29.8 Å². The molecule has 0 radical (unpaired) electrons. The van der Waals surface area contributed by atoms with Crippen molar-refractivity contribution in [1.29, 1.82) is 0 Å². The number of hydrogen-bond acceptors (Lipinski definition) is 6. The van der Waals surface area contributed by atoms with Crippen LogP contribution < -0.4 is 0 Å². The first-order valence-electron chi connectivity index (χ1n) is 4.17. The third kappa shape index (κ3) is 5.69. The Labute approximate surface area is 94.4 Å². The fraction of sp³-hybridized carbons (Fsp3) is 1.00. The van der Waals surface area contributed by atoms with Crippen molar-refractivity contribution in [2.24, 2.45) is 0 Å². The average molecular weight is 256 g/mol. The van der Waals surface area contributed by atoms with Crippen LogP contribution in [0.3, 0.4) is 0 Å². The summed E-state index contributed by atoms with van der Waals surface area (Å²) >= 11 is 0. The number of rotatable bonds is 8. The molecule has 0 aromatic heterocycles. The van der Waals surface area contributed by atoms with E-state index >= 15 is 0 Å². The van der Waals surface area contributed by atoms with Gasteiger partial charge in [-0.25, -0.2) is 0 Å². The summed E-state index contributed by atoms with van der Waals surface area (Å²) in [6.07, 6.45) is 1.13. The van der Waals surface area contributed by atoms with E-state index in [9.17, 15) is 0 Å². The van der Waals surface area contributed by atoms with Gasteiger partial charge in [-0.05, 0) is 0 Å². The van der Waals surface area contributed by atoms with Crippen LogP contribution in [0.1, 0.15) is 0 Å². The Morgan fingerprint density at radius 1 is 0.846 bits per heavy atom. The van der Waals surface area contributed by atoms with E-state index in [4.69, 9.17) is 9.47 Å². The van der Waals surface area contributed by atoms with Gasteiger partial charge in [0.15, 0.2) is 0 Å². The molecule has 0 bridgehead atoms. The summed E-state index contributed by atoms with van der Waals surface area (Å²) in [6.45, 7) is 1.96. The van der Waals surface area contributed by atoms with Gasteiger partial charge in [0.25, 0.3) is 0 Å². The maximum atomic E-state index is 5.11. The summed E-state index contributed by atoms with van der Waals surface area (Å²) < 4.78 is 10.2. The van der Waals surface area contributed by atoms with Crippen molar-refractivity contribution in [3.8, 4) is 0 Å². The van der Waals surface area contributed by atoms with Crippen LogP contribution >= 0.6 is 43.2 Å². The highest BCUT2D eigenvalue weighted by molar-refractivity contribution is 8.85. The lowest BCUT2D eigenvalue weighted by atomic mass is 10.6. The molecule has 2 fully saturated rings. The highest BCUT2D eigenvalue weighted by Gasteiger charge is 2.22. The van der Waals surface area contributed by atoms with E-state index in [1.54, 1.807) is 0 Å². The van der Waals surface area contributed by atoms with E-state index in [1.807, 2.05) is 43.2 Å². The second-order valence-corrected chi connectivity index (χ2v) is 8.21. The third-order valence-corrected chi connectivity index (χ3v) is 7.24. The molecule has 2 aliphatic heterocycles. The predicted octanol–water partition coefficient (Wildman–Crippen LogP) is 2.50. The minimum absolute atomic E-state index is 0.565. The molecule has 0 saturated carbocycles. The van der Waals surface area contributed by atoms with Gasteiger partial charge in [-0.1, -0.05) is 43.2 Å². The first kappa shape index (κ1) is 10.8. The van der Waals surface area contributed by atoms with Crippen LogP contribution in [0.25, 0.3) is 0 Å². The van der Waals surface area contributed by atoms with Crippen molar-refractivity contribution < 1.29 is 9.47 Å². The summed E-state index contributed by atoms with van der Waals surface area (Å²) in [5.74, 6) is 2.31. The molecule has 0 amide bonds. The predicted molar refractivity (Wildman–Crippen MR) is 64.4 cm³/mol. The molecule has 2 unspecified atom stereocenters. The molecule has 0 N–H and O–H groups in total. The van der Waals surface area contributed by atoms with Crippen LogP contribution in [0.5, 0.6) is 0 Å². The summed E-state index contributed by atoms with van der Waals surface area (Å²) in [4.78, 5) is 0. The highest BCUT2D eigenvalue weighted by atomic mass is 33.1. The summed E-state index contributed by atoms with van der Waals surface area (Å²) in [7, 11) is 7.71. The molecule has 0 aromatic rings. The van der Waals surface area contributed by atoms with Crippen LogP contribution in [-0.2, 0) is 9.47 Å². The molecule has 76 valence electrons. The molecule has 2 rings (SSSR count).